The second-order valence-corrected chi connectivity index (χ2v) is 6.24. The van der Waals surface area contributed by atoms with E-state index in [0.717, 1.165) is 0 Å². The third-order valence-electron chi connectivity index (χ3n) is 2.43. The maximum Gasteiger partial charge on any atom is 0.407 e. The Bertz CT molecular complexity index is 553. The summed E-state index contributed by atoms with van der Waals surface area (Å²) in [5, 5.41) is 2.61. The number of rotatable bonds is 3. The average molecular weight is 359 g/mol. The molecular weight excluding hydrogens is 340 g/mol. The predicted octanol–water partition coefficient (Wildman–Crippen LogP) is 2.84. The Labute approximate surface area is 132 Å². The van der Waals surface area contributed by atoms with E-state index in [1.807, 2.05) is 0 Å². The van der Waals surface area contributed by atoms with Gasteiger partial charge in [-0.2, -0.15) is 0 Å². The highest BCUT2D eigenvalue weighted by atomic mass is 79.9. The van der Waals surface area contributed by atoms with Gasteiger partial charge in [-0.15, -0.1) is 0 Å². The highest BCUT2D eigenvalue weighted by molar-refractivity contribution is 9.10. The summed E-state index contributed by atoms with van der Waals surface area (Å²) < 4.78 is 10.4. The molecule has 1 aromatic carbocycles. The Morgan fingerprint density at radius 3 is 2.48 bits per heavy atom. The van der Waals surface area contributed by atoms with Gasteiger partial charge >= 0.3 is 12.1 Å². The quantitative estimate of drug-likeness (QED) is 0.640. The minimum Gasteiger partial charge on any atom is -0.465 e. The molecule has 0 bridgehead atoms. The number of nitrogens with two attached hydrogens (primary N) is 1. The second kappa shape index (κ2) is 6.80. The number of esters is 1. The zero-order valence-corrected chi connectivity index (χ0v) is 14.0. The maximum absolute atomic E-state index is 11.6. The van der Waals surface area contributed by atoms with Crippen LogP contribution in [0.25, 0.3) is 0 Å². The van der Waals surface area contributed by atoms with E-state index >= 15 is 0 Å². The van der Waals surface area contributed by atoms with Crippen molar-refractivity contribution in [1.29, 1.82) is 0 Å². The van der Waals surface area contributed by atoms with E-state index in [-0.39, 0.29) is 12.1 Å². The molecule has 0 aromatic heterocycles. The molecule has 0 saturated carbocycles. The van der Waals surface area contributed by atoms with Gasteiger partial charge in [-0.25, -0.2) is 9.59 Å². The summed E-state index contributed by atoms with van der Waals surface area (Å²) in [5.74, 6) is -0.535. The zero-order valence-electron chi connectivity index (χ0n) is 12.5. The number of carbonyl (C=O) groups excluding carboxylic acids is 2. The molecule has 1 amide bonds. The lowest BCUT2D eigenvalue weighted by molar-refractivity contribution is 0.0523. The van der Waals surface area contributed by atoms with Crippen molar-refractivity contribution in [2.75, 3.05) is 12.8 Å². The molecular formula is C14H19BrN2O4. The van der Waals surface area contributed by atoms with Crippen LogP contribution in [0.5, 0.6) is 0 Å². The lowest BCUT2D eigenvalue weighted by Crippen LogP contribution is -2.32. The predicted molar refractivity (Wildman–Crippen MR) is 83.0 cm³/mol. The second-order valence-electron chi connectivity index (χ2n) is 5.39. The van der Waals surface area contributed by atoms with Gasteiger partial charge in [-0.05, 0) is 54.4 Å². The minimum atomic E-state index is -0.567. The van der Waals surface area contributed by atoms with Crippen LogP contribution in [0.2, 0.25) is 0 Å². The van der Waals surface area contributed by atoms with Crippen LogP contribution in [-0.4, -0.2) is 24.8 Å². The molecule has 0 heterocycles. The monoisotopic (exact) mass is 358 g/mol. The Morgan fingerprint density at radius 2 is 1.95 bits per heavy atom. The average Bonchev–Trinajstić information content (AvgIpc) is 2.37. The van der Waals surface area contributed by atoms with Crippen molar-refractivity contribution in [3.05, 3.63) is 27.7 Å². The van der Waals surface area contributed by atoms with Crippen molar-refractivity contribution in [3.63, 3.8) is 0 Å². The summed E-state index contributed by atoms with van der Waals surface area (Å²) in [6.45, 7) is 5.54. The molecule has 21 heavy (non-hydrogen) atoms. The number of hydrogen-bond acceptors (Lipinski definition) is 5. The molecule has 0 saturated heterocycles. The molecule has 0 aliphatic rings. The molecule has 6 nitrogen and oxygen atoms in total. The first kappa shape index (κ1) is 17.3. The molecule has 0 aliphatic heterocycles. The summed E-state index contributed by atoms with van der Waals surface area (Å²) in [6, 6.07) is 3.29. The van der Waals surface area contributed by atoms with Crippen molar-refractivity contribution in [3.8, 4) is 0 Å². The summed E-state index contributed by atoms with van der Waals surface area (Å²) in [5.41, 5.74) is 6.48. The number of carbonyl (C=O) groups is 2. The third kappa shape index (κ3) is 5.26. The molecule has 0 unspecified atom stereocenters. The number of hydrogen-bond donors (Lipinski definition) is 2. The highest BCUT2D eigenvalue weighted by Gasteiger charge is 2.17. The van der Waals surface area contributed by atoms with Gasteiger partial charge in [0.2, 0.25) is 0 Å². The van der Waals surface area contributed by atoms with Crippen LogP contribution in [0.4, 0.5) is 10.5 Å². The van der Waals surface area contributed by atoms with Gasteiger partial charge in [-0.3, -0.25) is 0 Å². The Hall–Kier alpha value is -1.76. The fourth-order valence-corrected chi connectivity index (χ4v) is 2.05. The highest BCUT2D eigenvalue weighted by Crippen LogP contribution is 2.26. The molecule has 0 fully saturated rings. The van der Waals surface area contributed by atoms with Crippen LogP contribution in [0.3, 0.4) is 0 Å². The molecule has 0 atom stereocenters. The van der Waals surface area contributed by atoms with E-state index in [4.69, 9.17) is 10.5 Å². The van der Waals surface area contributed by atoms with Gasteiger partial charge in [-0.1, -0.05) is 0 Å². The summed E-state index contributed by atoms with van der Waals surface area (Å²) in [7, 11) is 1.28. The van der Waals surface area contributed by atoms with Crippen molar-refractivity contribution < 1.29 is 19.1 Å². The topological polar surface area (TPSA) is 90.6 Å². The van der Waals surface area contributed by atoms with Crippen molar-refractivity contribution in [2.24, 2.45) is 0 Å². The number of nitrogen functional groups attached to an aromatic ring is 1. The zero-order chi connectivity index (χ0) is 16.2. The van der Waals surface area contributed by atoms with Gasteiger partial charge < -0.3 is 20.5 Å². The number of anilines is 1. The molecule has 1 rings (SSSR count). The first-order valence-corrected chi connectivity index (χ1v) is 7.06. The van der Waals surface area contributed by atoms with E-state index in [2.05, 4.69) is 26.0 Å². The van der Waals surface area contributed by atoms with Crippen LogP contribution in [0.1, 0.15) is 36.7 Å². The Kier molecular flexibility index (Phi) is 5.60. The van der Waals surface area contributed by atoms with Crippen molar-refractivity contribution in [2.45, 2.75) is 32.9 Å². The van der Waals surface area contributed by atoms with Crippen LogP contribution in [-0.2, 0) is 16.0 Å². The first-order chi connectivity index (χ1) is 9.64. The fourth-order valence-electron chi connectivity index (χ4n) is 1.54. The number of alkyl carbamates (subject to hydrolysis) is 1. The van der Waals surface area contributed by atoms with Crippen LogP contribution in [0.15, 0.2) is 16.6 Å². The number of methoxy groups -OCH3 is 1. The maximum atomic E-state index is 11.6. The summed E-state index contributed by atoms with van der Waals surface area (Å²) in [4.78, 5) is 23.2. The first-order valence-electron chi connectivity index (χ1n) is 6.27. The van der Waals surface area contributed by atoms with Gasteiger partial charge in [0, 0.05) is 11.0 Å². The smallest absolute Gasteiger partial charge is 0.407 e. The van der Waals surface area contributed by atoms with Gasteiger partial charge in [0.25, 0.3) is 0 Å². The SMILES string of the molecule is COC(=O)c1cc(CNC(=O)OC(C)(C)C)cc(Br)c1N. The van der Waals surface area contributed by atoms with E-state index in [0.29, 0.717) is 15.7 Å². The van der Waals surface area contributed by atoms with Crippen LogP contribution >= 0.6 is 15.9 Å². The molecule has 1 aromatic rings. The summed E-state index contributed by atoms with van der Waals surface area (Å²) in [6.07, 6.45) is -0.532. The molecule has 0 spiro atoms. The lowest BCUT2D eigenvalue weighted by atomic mass is 10.1. The van der Waals surface area contributed by atoms with Gasteiger partial charge in [0.1, 0.15) is 5.60 Å². The molecule has 0 radical (unpaired) electrons. The standard InChI is InChI=1S/C14H19BrN2O4/c1-14(2,3)21-13(19)17-7-8-5-9(12(18)20-4)11(16)10(15)6-8/h5-6H,7,16H2,1-4H3,(H,17,19). The van der Waals surface area contributed by atoms with Crippen LogP contribution in [0, 0.1) is 0 Å². The fraction of sp³-hybridized carbons (Fsp3) is 0.429. The van der Waals surface area contributed by atoms with Crippen LogP contribution < -0.4 is 11.1 Å². The largest absolute Gasteiger partial charge is 0.465 e. The van der Waals surface area contributed by atoms with E-state index in [9.17, 15) is 9.59 Å². The Balaban J connectivity index is 2.83. The normalized spacial score (nSPS) is 10.9. The number of amides is 1. The lowest BCUT2D eigenvalue weighted by Gasteiger charge is -2.19. The van der Waals surface area contributed by atoms with E-state index in [1.165, 1.54) is 7.11 Å². The third-order valence-corrected chi connectivity index (χ3v) is 3.09. The Morgan fingerprint density at radius 1 is 1.33 bits per heavy atom. The molecule has 0 aliphatic carbocycles. The van der Waals surface area contributed by atoms with Crippen molar-refractivity contribution >= 4 is 33.7 Å². The van der Waals surface area contributed by atoms with Gasteiger partial charge in [0.05, 0.1) is 18.4 Å². The number of ether oxygens (including phenoxy) is 2. The molecule has 3 N–H and O–H groups in total. The number of nitrogens with one attached hydrogen (secondary N) is 1. The van der Waals surface area contributed by atoms with E-state index in [1.54, 1.807) is 32.9 Å². The number of benzene rings is 1. The number of halogens is 1. The minimum absolute atomic E-state index is 0.206. The van der Waals surface area contributed by atoms with E-state index < -0.39 is 17.7 Å². The molecule has 7 heteroatoms. The molecule has 116 valence electrons. The summed E-state index contributed by atoms with van der Waals surface area (Å²) >= 11 is 3.27. The van der Waals surface area contributed by atoms with Gasteiger partial charge in [0.15, 0.2) is 0 Å². The van der Waals surface area contributed by atoms with Crippen molar-refractivity contribution in [1.82, 2.24) is 5.32 Å².